The van der Waals surface area contributed by atoms with Gasteiger partial charge in [0, 0.05) is 25.8 Å². The maximum absolute atomic E-state index is 14.2. The molecule has 2 rings (SSSR count). The van der Waals surface area contributed by atoms with Crippen LogP contribution in [0.3, 0.4) is 0 Å². The van der Waals surface area contributed by atoms with Crippen molar-refractivity contribution in [3.05, 3.63) is 35.4 Å². The first-order valence-corrected chi connectivity index (χ1v) is 6.74. The summed E-state index contributed by atoms with van der Waals surface area (Å²) in [6.07, 6.45) is 2.60. The molecule has 0 aromatic heterocycles. The summed E-state index contributed by atoms with van der Waals surface area (Å²) in [5.74, 6) is -2.57. The topological polar surface area (TPSA) is 49.8 Å². The zero-order valence-corrected chi connectivity index (χ0v) is 11.7. The number of aliphatic carboxylic acids is 1. The highest BCUT2D eigenvalue weighted by atomic mass is 19.1. The van der Waals surface area contributed by atoms with E-state index >= 15 is 0 Å². The first-order valence-electron chi connectivity index (χ1n) is 6.74. The van der Waals surface area contributed by atoms with Gasteiger partial charge in [-0.25, -0.2) is 13.6 Å². The summed E-state index contributed by atoms with van der Waals surface area (Å²) in [6, 6.07) is 2.27. The molecule has 0 amide bonds. The summed E-state index contributed by atoms with van der Waals surface area (Å²) >= 11 is 0. The Morgan fingerprint density at radius 3 is 2.71 bits per heavy atom. The quantitative estimate of drug-likeness (QED) is 0.872. The summed E-state index contributed by atoms with van der Waals surface area (Å²) in [6.45, 7) is 3.36. The average Bonchev–Trinajstić information content (AvgIpc) is 2.60. The van der Waals surface area contributed by atoms with Crippen LogP contribution < -0.4 is 4.90 Å². The summed E-state index contributed by atoms with van der Waals surface area (Å²) in [7, 11) is 0. The molecule has 0 saturated carbocycles. The van der Waals surface area contributed by atoms with Gasteiger partial charge in [-0.15, -0.1) is 0 Å². The number of hydrogen-bond donors (Lipinski definition) is 1. The van der Waals surface area contributed by atoms with Gasteiger partial charge in [-0.05, 0) is 37.1 Å². The predicted molar refractivity (Wildman–Crippen MR) is 75.3 cm³/mol. The van der Waals surface area contributed by atoms with E-state index in [-0.39, 0.29) is 17.4 Å². The largest absolute Gasteiger partial charge is 0.478 e. The lowest BCUT2D eigenvalue weighted by Crippen LogP contribution is -2.31. The Kier molecular flexibility index (Phi) is 4.90. The molecule has 1 aromatic rings. The molecule has 6 heteroatoms. The molecule has 1 N–H and O–H groups in total. The van der Waals surface area contributed by atoms with Crippen LogP contribution in [0.5, 0.6) is 0 Å². The van der Waals surface area contributed by atoms with Crippen molar-refractivity contribution in [2.45, 2.75) is 19.4 Å². The minimum absolute atomic E-state index is 0.0835. The van der Waals surface area contributed by atoms with Crippen molar-refractivity contribution in [3.8, 4) is 0 Å². The van der Waals surface area contributed by atoms with Crippen LogP contribution in [-0.4, -0.2) is 36.9 Å². The maximum atomic E-state index is 14.2. The smallest absolute Gasteiger partial charge is 0.328 e. The SMILES string of the molecule is CC1CN(c2c(F)cc(C=CC(=O)O)cc2F)CCCO1. The van der Waals surface area contributed by atoms with E-state index in [1.54, 1.807) is 4.90 Å². The normalized spacial score (nSPS) is 19.8. The number of carbonyl (C=O) groups is 1. The Morgan fingerprint density at radius 1 is 1.43 bits per heavy atom. The number of ether oxygens (including phenoxy) is 1. The van der Waals surface area contributed by atoms with Gasteiger partial charge in [0.1, 0.15) is 17.3 Å². The number of carboxylic acid groups (broad SMARTS) is 1. The summed E-state index contributed by atoms with van der Waals surface area (Å²) in [4.78, 5) is 12.1. The van der Waals surface area contributed by atoms with Crippen molar-refractivity contribution in [1.82, 2.24) is 0 Å². The van der Waals surface area contributed by atoms with Crippen LogP contribution >= 0.6 is 0 Å². The highest BCUT2D eigenvalue weighted by molar-refractivity contribution is 5.85. The second-order valence-electron chi connectivity index (χ2n) is 4.99. The molecule has 1 fully saturated rings. The monoisotopic (exact) mass is 297 g/mol. The molecule has 1 unspecified atom stereocenters. The standard InChI is InChI=1S/C15H17F2NO3/c1-10-9-18(5-2-6-21-10)15-12(16)7-11(8-13(15)17)3-4-14(19)20/h3-4,7-8,10H,2,5-6,9H2,1H3,(H,19,20). The van der Waals surface area contributed by atoms with E-state index in [1.807, 2.05) is 6.92 Å². The van der Waals surface area contributed by atoms with Crippen molar-refractivity contribution in [1.29, 1.82) is 0 Å². The van der Waals surface area contributed by atoms with E-state index in [9.17, 15) is 13.6 Å². The van der Waals surface area contributed by atoms with Gasteiger partial charge in [-0.1, -0.05) is 0 Å². The fourth-order valence-corrected chi connectivity index (χ4v) is 2.35. The molecule has 0 aliphatic carbocycles. The molecular formula is C15H17F2NO3. The second kappa shape index (κ2) is 6.67. The maximum Gasteiger partial charge on any atom is 0.328 e. The third kappa shape index (κ3) is 4.01. The van der Waals surface area contributed by atoms with Crippen LogP contribution in [0.15, 0.2) is 18.2 Å². The Balaban J connectivity index is 2.29. The van der Waals surface area contributed by atoms with Crippen LogP contribution in [-0.2, 0) is 9.53 Å². The third-order valence-electron chi connectivity index (χ3n) is 3.23. The molecule has 1 saturated heterocycles. The Labute approximate surface area is 121 Å². The van der Waals surface area contributed by atoms with Crippen LogP contribution in [0.25, 0.3) is 6.08 Å². The molecule has 1 heterocycles. The Morgan fingerprint density at radius 2 is 2.10 bits per heavy atom. The fourth-order valence-electron chi connectivity index (χ4n) is 2.35. The number of rotatable bonds is 3. The van der Waals surface area contributed by atoms with Gasteiger partial charge >= 0.3 is 5.97 Å². The van der Waals surface area contributed by atoms with Gasteiger partial charge in [0.25, 0.3) is 0 Å². The Hall–Kier alpha value is -1.95. The number of anilines is 1. The van der Waals surface area contributed by atoms with Crippen molar-refractivity contribution in [2.75, 3.05) is 24.6 Å². The van der Waals surface area contributed by atoms with Crippen LogP contribution in [0.2, 0.25) is 0 Å². The fraction of sp³-hybridized carbons (Fsp3) is 0.400. The van der Waals surface area contributed by atoms with Crippen molar-refractivity contribution >= 4 is 17.7 Å². The van der Waals surface area contributed by atoms with E-state index in [1.165, 1.54) is 0 Å². The molecule has 1 aromatic carbocycles. The lowest BCUT2D eigenvalue weighted by Gasteiger charge is -2.25. The Bertz CT molecular complexity index is 537. The molecule has 0 radical (unpaired) electrons. The molecule has 21 heavy (non-hydrogen) atoms. The number of halogens is 2. The van der Waals surface area contributed by atoms with Crippen LogP contribution in [0, 0.1) is 11.6 Å². The first-order chi connectivity index (χ1) is 9.97. The van der Waals surface area contributed by atoms with E-state index in [0.717, 1.165) is 24.3 Å². The van der Waals surface area contributed by atoms with E-state index in [4.69, 9.17) is 9.84 Å². The van der Waals surface area contributed by atoms with Crippen molar-refractivity contribution in [2.24, 2.45) is 0 Å². The lowest BCUT2D eigenvalue weighted by molar-refractivity contribution is -0.131. The lowest BCUT2D eigenvalue weighted by atomic mass is 10.1. The van der Waals surface area contributed by atoms with Crippen molar-refractivity contribution in [3.63, 3.8) is 0 Å². The summed E-state index contributed by atoms with van der Waals surface area (Å²) in [5.41, 5.74) is 0.0927. The van der Waals surface area contributed by atoms with Gasteiger partial charge < -0.3 is 14.7 Å². The molecule has 1 atom stereocenters. The molecule has 114 valence electrons. The molecule has 1 aliphatic rings. The van der Waals surface area contributed by atoms with Crippen molar-refractivity contribution < 1.29 is 23.4 Å². The second-order valence-corrected chi connectivity index (χ2v) is 4.99. The van der Waals surface area contributed by atoms with Gasteiger partial charge in [-0.3, -0.25) is 0 Å². The predicted octanol–water partition coefficient (Wildman–Crippen LogP) is 2.68. The number of benzene rings is 1. The van der Waals surface area contributed by atoms with Gasteiger partial charge in [0.2, 0.25) is 0 Å². The van der Waals surface area contributed by atoms with Gasteiger partial charge in [0.15, 0.2) is 0 Å². The van der Waals surface area contributed by atoms with Crippen LogP contribution in [0.1, 0.15) is 18.9 Å². The number of hydrogen-bond acceptors (Lipinski definition) is 3. The summed E-state index contributed by atoms with van der Waals surface area (Å²) < 4.78 is 33.8. The summed E-state index contributed by atoms with van der Waals surface area (Å²) in [5, 5.41) is 8.54. The van der Waals surface area contributed by atoms with Crippen LogP contribution in [0.4, 0.5) is 14.5 Å². The van der Waals surface area contributed by atoms with E-state index < -0.39 is 17.6 Å². The molecule has 0 spiro atoms. The minimum atomic E-state index is -1.17. The highest BCUT2D eigenvalue weighted by Crippen LogP contribution is 2.27. The molecular weight excluding hydrogens is 280 g/mol. The van der Waals surface area contributed by atoms with E-state index in [2.05, 4.69) is 0 Å². The van der Waals surface area contributed by atoms with Gasteiger partial charge in [0.05, 0.1) is 6.10 Å². The number of carboxylic acids is 1. The third-order valence-corrected chi connectivity index (χ3v) is 3.23. The molecule has 4 nitrogen and oxygen atoms in total. The zero-order valence-electron chi connectivity index (χ0n) is 11.7. The number of nitrogens with zero attached hydrogens (tertiary/aromatic N) is 1. The van der Waals surface area contributed by atoms with E-state index in [0.29, 0.717) is 26.1 Å². The first kappa shape index (κ1) is 15.4. The average molecular weight is 297 g/mol. The zero-order chi connectivity index (χ0) is 15.4. The highest BCUT2D eigenvalue weighted by Gasteiger charge is 2.21. The minimum Gasteiger partial charge on any atom is -0.478 e. The molecule has 0 bridgehead atoms. The molecule has 1 aliphatic heterocycles. The van der Waals surface area contributed by atoms with Gasteiger partial charge in [-0.2, -0.15) is 0 Å².